The Balaban J connectivity index is 1.80. The smallest absolute Gasteiger partial charge is 0.237 e. The second kappa shape index (κ2) is 9.32. The first-order chi connectivity index (χ1) is 13.5. The predicted molar refractivity (Wildman–Crippen MR) is 114 cm³/mol. The predicted octanol–water partition coefficient (Wildman–Crippen LogP) is 4.46. The highest BCUT2D eigenvalue weighted by atomic mass is 35.5. The molecule has 0 aliphatic carbocycles. The molecule has 1 atom stereocenters. The molecule has 0 bridgehead atoms. The zero-order chi connectivity index (χ0) is 20.1. The Morgan fingerprint density at radius 1 is 1.29 bits per heavy atom. The van der Waals surface area contributed by atoms with E-state index in [-0.39, 0.29) is 11.2 Å². The van der Waals surface area contributed by atoms with Crippen molar-refractivity contribution in [3.05, 3.63) is 47.5 Å². The van der Waals surface area contributed by atoms with Crippen LogP contribution in [0.4, 0.5) is 5.69 Å². The van der Waals surface area contributed by atoms with Crippen LogP contribution in [0.2, 0.25) is 5.02 Å². The average Bonchev–Trinajstić information content (AvgIpc) is 3.03. The summed E-state index contributed by atoms with van der Waals surface area (Å²) in [6.07, 6.45) is 0. The van der Waals surface area contributed by atoms with Gasteiger partial charge in [0.15, 0.2) is 5.16 Å². The molecule has 1 heterocycles. The van der Waals surface area contributed by atoms with Crippen molar-refractivity contribution in [2.24, 2.45) is 0 Å². The van der Waals surface area contributed by atoms with E-state index in [1.54, 1.807) is 32.4 Å². The van der Waals surface area contributed by atoms with Crippen molar-refractivity contribution in [1.29, 1.82) is 0 Å². The highest BCUT2D eigenvalue weighted by Gasteiger charge is 2.20. The van der Waals surface area contributed by atoms with Gasteiger partial charge in [-0.15, -0.1) is 0 Å². The Hall–Kier alpha value is -2.22. The van der Waals surface area contributed by atoms with E-state index in [9.17, 15) is 4.79 Å². The number of anilines is 1. The number of para-hydroxylation sites is 2. The van der Waals surface area contributed by atoms with E-state index in [0.29, 0.717) is 29.6 Å². The molecule has 28 heavy (non-hydrogen) atoms. The normalized spacial score (nSPS) is 12.1. The van der Waals surface area contributed by atoms with Crippen LogP contribution in [0.5, 0.6) is 5.75 Å². The fourth-order valence-electron chi connectivity index (χ4n) is 2.77. The van der Waals surface area contributed by atoms with Crippen LogP contribution >= 0.6 is 23.4 Å². The molecule has 2 aromatic carbocycles. The molecule has 148 valence electrons. The number of rotatable bonds is 8. The fourth-order valence-corrected chi connectivity index (χ4v) is 3.89. The summed E-state index contributed by atoms with van der Waals surface area (Å²) in [4.78, 5) is 17.4. The first-order valence-electron chi connectivity index (χ1n) is 8.78. The van der Waals surface area contributed by atoms with E-state index in [1.165, 1.54) is 11.8 Å². The molecule has 0 saturated carbocycles. The molecule has 3 aromatic rings. The van der Waals surface area contributed by atoms with Gasteiger partial charge in [-0.3, -0.25) is 4.79 Å². The summed E-state index contributed by atoms with van der Waals surface area (Å²) in [5.74, 6) is 0.401. The number of benzene rings is 2. The van der Waals surface area contributed by atoms with Gasteiger partial charge in [0.2, 0.25) is 5.91 Å². The van der Waals surface area contributed by atoms with Crippen LogP contribution in [-0.2, 0) is 16.1 Å². The number of amides is 1. The monoisotopic (exact) mass is 419 g/mol. The largest absolute Gasteiger partial charge is 0.495 e. The number of nitrogens with one attached hydrogen (secondary N) is 1. The molecule has 0 fully saturated rings. The summed E-state index contributed by atoms with van der Waals surface area (Å²) < 4.78 is 12.6. The number of aromatic nitrogens is 2. The number of imidazole rings is 1. The quantitative estimate of drug-likeness (QED) is 0.546. The van der Waals surface area contributed by atoms with Gasteiger partial charge in [-0.1, -0.05) is 35.5 Å². The van der Waals surface area contributed by atoms with E-state index in [2.05, 4.69) is 14.9 Å². The summed E-state index contributed by atoms with van der Waals surface area (Å²) >= 11 is 7.45. The number of ether oxygens (including phenoxy) is 2. The van der Waals surface area contributed by atoms with Gasteiger partial charge in [-0.05, 0) is 37.3 Å². The third-order valence-electron chi connectivity index (χ3n) is 4.21. The van der Waals surface area contributed by atoms with Gasteiger partial charge in [-0.25, -0.2) is 4.98 Å². The van der Waals surface area contributed by atoms with Crippen LogP contribution in [-0.4, -0.2) is 41.5 Å². The lowest BCUT2D eigenvalue weighted by atomic mass is 10.3. The number of thioether (sulfide) groups is 1. The van der Waals surface area contributed by atoms with Gasteiger partial charge < -0.3 is 19.4 Å². The molecule has 1 amide bonds. The fraction of sp³-hybridized carbons (Fsp3) is 0.300. The molecule has 0 radical (unpaired) electrons. The van der Waals surface area contributed by atoms with E-state index < -0.39 is 0 Å². The van der Waals surface area contributed by atoms with E-state index >= 15 is 0 Å². The summed E-state index contributed by atoms with van der Waals surface area (Å²) in [6, 6.07) is 13.0. The number of nitrogens with zero attached hydrogens (tertiary/aromatic N) is 2. The number of methoxy groups -OCH3 is 2. The van der Waals surface area contributed by atoms with Crippen molar-refractivity contribution < 1.29 is 14.3 Å². The van der Waals surface area contributed by atoms with Crippen molar-refractivity contribution >= 4 is 46.0 Å². The SMILES string of the molecule is COCCn1c(SC(C)C(=O)Nc2cc(Cl)ccc2OC)nc2ccccc21. The third kappa shape index (κ3) is 4.60. The number of carbonyl (C=O) groups excluding carboxylic acids is 1. The molecule has 1 aromatic heterocycles. The lowest BCUT2D eigenvalue weighted by Crippen LogP contribution is -2.23. The van der Waals surface area contributed by atoms with Crippen LogP contribution in [0.25, 0.3) is 11.0 Å². The average molecular weight is 420 g/mol. The maximum atomic E-state index is 12.7. The molecule has 0 aliphatic heterocycles. The van der Waals surface area contributed by atoms with Crippen LogP contribution in [0, 0.1) is 0 Å². The lowest BCUT2D eigenvalue weighted by Gasteiger charge is -2.15. The molecule has 0 saturated heterocycles. The van der Waals surface area contributed by atoms with Gasteiger partial charge in [-0.2, -0.15) is 0 Å². The van der Waals surface area contributed by atoms with E-state index in [0.717, 1.165) is 16.2 Å². The topological polar surface area (TPSA) is 65.4 Å². The molecular formula is C20H22ClN3O3S. The van der Waals surface area contributed by atoms with Crippen molar-refractivity contribution in [3.63, 3.8) is 0 Å². The molecule has 0 aliphatic rings. The Bertz CT molecular complexity index is 976. The molecule has 1 N–H and O–H groups in total. The Kier molecular flexibility index (Phi) is 6.83. The van der Waals surface area contributed by atoms with Crippen molar-refractivity contribution in [1.82, 2.24) is 9.55 Å². The van der Waals surface area contributed by atoms with Crippen LogP contribution in [0.3, 0.4) is 0 Å². The number of hydrogen-bond donors (Lipinski definition) is 1. The van der Waals surface area contributed by atoms with Crippen molar-refractivity contribution in [2.45, 2.75) is 23.9 Å². The van der Waals surface area contributed by atoms with Gasteiger partial charge in [0.25, 0.3) is 0 Å². The Morgan fingerprint density at radius 3 is 2.82 bits per heavy atom. The minimum atomic E-state index is -0.373. The van der Waals surface area contributed by atoms with Crippen LogP contribution in [0.1, 0.15) is 6.92 Å². The highest BCUT2D eigenvalue weighted by molar-refractivity contribution is 8.00. The highest BCUT2D eigenvalue weighted by Crippen LogP contribution is 2.31. The van der Waals surface area contributed by atoms with E-state index in [4.69, 9.17) is 21.1 Å². The van der Waals surface area contributed by atoms with Gasteiger partial charge >= 0.3 is 0 Å². The lowest BCUT2D eigenvalue weighted by molar-refractivity contribution is -0.115. The third-order valence-corrected chi connectivity index (χ3v) is 5.53. The first kappa shape index (κ1) is 20.5. The Labute approximate surface area is 173 Å². The second-order valence-electron chi connectivity index (χ2n) is 6.12. The van der Waals surface area contributed by atoms with Crippen molar-refractivity contribution in [3.8, 4) is 5.75 Å². The van der Waals surface area contributed by atoms with Crippen molar-refractivity contribution in [2.75, 3.05) is 26.1 Å². The standard InChI is InChI=1S/C20H22ClN3O3S/c1-13(19(25)22-16-12-14(21)8-9-18(16)27-3)28-20-23-15-6-4-5-7-17(15)24(20)10-11-26-2/h4-9,12-13H,10-11H2,1-3H3,(H,22,25). The molecule has 1 unspecified atom stereocenters. The minimum absolute atomic E-state index is 0.157. The Morgan fingerprint density at radius 2 is 2.07 bits per heavy atom. The number of halogens is 1. The minimum Gasteiger partial charge on any atom is -0.495 e. The maximum Gasteiger partial charge on any atom is 0.237 e. The molecule has 8 heteroatoms. The number of hydrogen-bond acceptors (Lipinski definition) is 5. The first-order valence-corrected chi connectivity index (χ1v) is 10.0. The van der Waals surface area contributed by atoms with Crippen LogP contribution in [0.15, 0.2) is 47.6 Å². The van der Waals surface area contributed by atoms with Gasteiger partial charge in [0, 0.05) is 18.7 Å². The summed E-state index contributed by atoms with van der Waals surface area (Å²) in [6.45, 7) is 3.07. The van der Waals surface area contributed by atoms with Crippen LogP contribution < -0.4 is 10.1 Å². The summed E-state index contributed by atoms with van der Waals surface area (Å²) in [7, 11) is 3.22. The van der Waals surface area contributed by atoms with Gasteiger partial charge in [0.05, 0.1) is 35.7 Å². The molecule has 3 rings (SSSR count). The second-order valence-corrected chi connectivity index (χ2v) is 7.87. The summed E-state index contributed by atoms with van der Waals surface area (Å²) in [5.41, 5.74) is 2.46. The van der Waals surface area contributed by atoms with E-state index in [1.807, 2.05) is 31.2 Å². The summed E-state index contributed by atoms with van der Waals surface area (Å²) in [5, 5.41) is 3.82. The molecule has 0 spiro atoms. The number of carbonyl (C=O) groups is 1. The molecule has 6 nitrogen and oxygen atoms in total. The number of fused-ring (bicyclic) bond motifs is 1. The zero-order valence-electron chi connectivity index (χ0n) is 15.9. The molecular weight excluding hydrogens is 398 g/mol. The zero-order valence-corrected chi connectivity index (χ0v) is 17.5. The maximum absolute atomic E-state index is 12.7. The van der Waals surface area contributed by atoms with Gasteiger partial charge in [0.1, 0.15) is 5.75 Å².